The molecule has 0 unspecified atom stereocenters. The van der Waals surface area contributed by atoms with Crippen LogP contribution in [0.1, 0.15) is 40.5 Å². The summed E-state index contributed by atoms with van der Waals surface area (Å²) in [6.45, 7) is 3.85. The van der Waals surface area contributed by atoms with E-state index in [0.29, 0.717) is 17.2 Å². The summed E-state index contributed by atoms with van der Waals surface area (Å²) >= 11 is 0. The second kappa shape index (κ2) is 6.32. The fraction of sp³-hybridized carbons (Fsp3) is 0.412. The van der Waals surface area contributed by atoms with Crippen LogP contribution in [0.3, 0.4) is 0 Å². The minimum atomic E-state index is -0.340. The topological polar surface area (TPSA) is 84.2 Å². The zero-order valence-corrected chi connectivity index (χ0v) is 13.5. The van der Waals surface area contributed by atoms with Gasteiger partial charge < -0.3 is 20.4 Å². The Labute approximate surface area is 135 Å². The average molecular weight is 314 g/mol. The number of benzene rings is 1. The smallest absolute Gasteiger partial charge is 0.337 e. The summed E-state index contributed by atoms with van der Waals surface area (Å²) in [5.74, 6) is 0.135. The zero-order valence-electron chi connectivity index (χ0n) is 13.5. The van der Waals surface area contributed by atoms with Crippen LogP contribution in [0, 0.1) is 6.92 Å². The van der Waals surface area contributed by atoms with Gasteiger partial charge in [0.2, 0.25) is 0 Å². The number of ether oxygens (including phenoxy) is 1. The number of methoxy groups -OCH3 is 1. The number of hydrogen-bond donors (Lipinski definition) is 2. The number of hydrogen-bond acceptors (Lipinski definition) is 5. The van der Waals surface area contributed by atoms with E-state index in [2.05, 4.69) is 21.8 Å². The Morgan fingerprint density at radius 2 is 2.13 bits per heavy atom. The molecule has 1 saturated heterocycles. The Morgan fingerprint density at radius 1 is 1.39 bits per heavy atom. The minimum Gasteiger partial charge on any atom is -0.465 e. The number of nitrogen functional groups attached to an aromatic ring is 1. The Hall–Kier alpha value is -2.50. The van der Waals surface area contributed by atoms with Crippen molar-refractivity contribution < 1.29 is 9.53 Å². The van der Waals surface area contributed by atoms with Crippen molar-refractivity contribution >= 4 is 17.3 Å². The van der Waals surface area contributed by atoms with Crippen molar-refractivity contribution in [3.63, 3.8) is 0 Å². The van der Waals surface area contributed by atoms with Crippen molar-refractivity contribution in [1.29, 1.82) is 0 Å². The molecule has 0 aliphatic carbocycles. The fourth-order valence-electron chi connectivity index (χ4n) is 3.24. The average Bonchev–Trinajstić information content (AvgIpc) is 3.01. The Kier molecular flexibility index (Phi) is 4.23. The molecule has 0 atom stereocenters. The molecule has 0 bridgehead atoms. The molecule has 0 spiro atoms. The molecule has 1 aromatic carbocycles. The van der Waals surface area contributed by atoms with E-state index >= 15 is 0 Å². The highest BCUT2D eigenvalue weighted by Crippen LogP contribution is 2.33. The van der Waals surface area contributed by atoms with Crippen LogP contribution in [-0.4, -0.2) is 36.1 Å². The van der Waals surface area contributed by atoms with Gasteiger partial charge in [0.15, 0.2) is 0 Å². The monoisotopic (exact) mass is 314 g/mol. The summed E-state index contributed by atoms with van der Waals surface area (Å²) in [5.41, 5.74) is 10.5. The number of imidazole rings is 1. The number of nitrogens with two attached hydrogens (primary N) is 1. The number of nitrogens with one attached hydrogen (secondary N) is 1. The number of aromatic nitrogens is 2. The number of anilines is 2. The van der Waals surface area contributed by atoms with Crippen LogP contribution in [0.25, 0.3) is 0 Å². The lowest BCUT2D eigenvalue weighted by Crippen LogP contribution is -2.33. The third-order valence-electron chi connectivity index (χ3n) is 4.54. The quantitative estimate of drug-likeness (QED) is 0.671. The van der Waals surface area contributed by atoms with Crippen LogP contribution in [0.4, 0.5) is 11.4 Å². The Bertz CT molecular complexity index is 702. The van der Waals surface area contributed by atoms with E-state index in [1.54, 1.807) is 18.5 Å². The van der Waals surface area contributed by atoms with Crippen molar-refractivity contribution in [3.8, 4) is 0 Å². The van der Waals surface area contributed by atoms with Gasteiger partial charge in [0, 0.05) is 24.7 Å². The van der Waals surface area contributed by atoms with E-state index in [-0.39, 0.29) is 5.97 Å². The van der Waals surface area contributed by atoms with Crippen LogP contribution in [0.2, 0.25) is 0 Å². The highest BCUT2D eigenvalue weighted by atomic mass is 16.5. The molecule has 23 heavy (non-hydrogen) atoms. The van der Waals surface area contributed by atoms with Gasteiger partial charge in [-0.2, -0.15) is 0 Å². The van der Waals surface area contributed by atoms with E-state index in [9.17, 15) is 4.79 Å². The van der Waals surface area contributed by atoms with E-state index < -0.39 is 0 Å². The first-order valence-corrected chi connectivity index (χ1v) is 7.82. The maximum absolute atomic E-state index is 11.7. The number of aryl methyl sites for hydroxylation is 1. The lowest BCUT2D eigenvalue weighted by Gasteiger charge is -2.34. The SMILES string of the molecule is COC(=O)c1ccc(N)c(N2CCC(c3nc[nH]c3C)CC2)c1. The molecule has 1 aromatic heterocycles. The molecule has 1 aliphatic heterocycles. The van der Waals surface area contributed by atoms with E-state index in [4.69, 9.17) is 10.5 Å². The second-order valence-electron chi connectivity index (χ2n) is 5.94. The van der Waals surface area contributed by atoms with Gasteiger partial charge in [-0.25, -0.2) is 9.78 Å². The van der Waals surface area contributed by atoms with Gasteiger partial charge in [-0.15, -0.1) is 0 Å². The van der Waals surface area contributed by atoms with Crippen molar-refractivity contribution in [1.82, 2.24) is 9.97 Å². The number of aromatic amines is 1. The lowest BCUT2D eigenvalue weighted by atomic mass is 9.92. The number of nitrogens with zero attached hydrogens (tertiary/aromatic N) is 2. The summed E-state index contributed by atoms with van der Waals surface area (Å²) in [5, 5.41) is 0. The summed E-state index contributed by atoms with van der Waals surface area (Å²) in [6.07, 6.45) is 3.80. The van der Waals surface area contributed by atoms with Crippen molar-refractivity contribution in [2.45, 2.75) is 25.7 Å². The van der Waals surface area contributed by atoms with E-state index in [1.807, 2.05) is 6.07 Å². The predicted octanol–water partition coefficient (Wildman–Crippen LogP) is 2.47. The van der Waals surface area contributed by atoms with Crippen molar-refractivity contribution in [3.05, 3.63) is 41.5 Å². The van der Waals surface area contributed by atoms with Crippen LogP contribution in [0.15, 0.2) is 24.5 Å². The van der Waals surface area contributed by atoms with Gasteiger partial charge >= 0.3 is 5.97 Å². The molecule has 2 aromatic rings. The molecule has 1 aliphatic rings. The maximum Gasteiger partial charge on any atom is 0.337 e. The molecule has 0 radical (unpaired) electrons. The van der Waals surface area contributed by atoms with Crippen LogP contribution < -0.4 is 10.6 Å². The van der Waals surface area contributed by atoms with Gasteiger partial charge in [0.05, 0.1) is 36.1 Å². The van der Waals surface area contributed by atoms with Crippen LogP contribution in [-0.2, 0) is 4.74 Å². The minimum absolute atomic E-state index is 0.340. The standard InChI is InChI=1S/C17H22N4O2/c1-11-16(20-10-19-11)12-5-7-21(8-6-12)15-9-13(17(22)23-2)3-4-14(15)18/h3-4,9-10,12H,5-8,18H2,1-2H3,(H,19,20). The van der Waals surface area contributed by atoms with E-state index in [1.165, 1.54) is 12.8 Å². The van der Waals surface area contributed by atoms with Crippen molar-refractivity contribution in [2.24, 2.45) is 0 Å². The zero-order chi connectivity index (χ0) is 16.4. The largest absolute Gasteiger partial charge is 0.465 e. The normalized spacial score (nSPS) is 15.7. The molecule has 6 nitrogen and oxygen atoms in total. The van der Waals surface area contributed by atoms with Gasteiger partial charge in [0.25, 0.3) is 0 Å². The molecule has 3 rings (SSSR count). The fourth-order valence-corrected chi connectivity index (χ4v) is 3.24. The first-order chi connectivity index (χ1) is 11.1. The molecule has 2 heterocycles. The van der Waals surface area contributed by atoms with Gasteiger partial charge in [-0.3, -0.25) is 0 Å². The summed E-state index contributed by atoms with van der Waals surface area (Å²) in [7, 11) is 1.38. The number of esters is 1. The third-order valence-corrected chi connectivity index (χ3v) is 4.54. The molecule has 0 amide bonds. The predicted molar refractivity (Wildman–Crippen MR) is 89.7 cm³/mol. The summed E-state index contributed by atoms with van der Waals surface area (Å²) in [6, 6.07) is 5.29. The van der Waals surface area contributed by atoms with Crippen LogP contribution in [0.5, 0.6) is 0 Å². The van der Waals surface area contributed by atoms with Gasteiger partial charge in [0.1, 0.15) is 0 Å². The second-order valence-corrected chi connectivity index (χ2v) is 5.94. The lowest BCUT2D eigenvalue weighted by molar-refractivity contribution is 0.0601. The highest BCUT2D eigenvalue weighted by Gasteiger charge is 2.25. The number of carbonyl (C=O) groups is 1. The number of rotatable bonds is 3. The van der Waals surface area contributed by atoms with Crippen molar-refractivity contribution in [2.75, 3.05) is 30.8 Å². The molecular formula is C17H22N4O2. The molecule has 122 valence electrons. The molecule has 3 N–H and O–H groups in total. The first kappa shape index (κ1) is 15.4. The summed E-state index contributed by atoms with van der Waals surface area (Å²) in [4.78, 5) is 21.5. The molecule has 0 saturated carbocycles. The van der Waals surface area contributed by atoms with Crippen LogP contribution >= 0.6 is 0 Å². The highest BCUT2D eigenvalue weighted by molar-refractivity contribution is 5.92. The Morgan fingerprint density at radius 3 is 2.74 bits per heavy atom. The summed E-state index contributed by atoms with van der Waals surface area (Å²) < 4.78 is 4.79. The number of H-pyrrole nitrogens is 1. The Balaban J connectivity index is 1.75. The molecule has 6 heteroatoms. The maximum atomic E-state index is 11.7. The third kappa shape index (κ3) is 3.02. The first-order valence-electron chi connectivity index (χ1n) is 7.82. The molecular weight excluding hydrogens is 292 g/mol. The number of carbonyl (C=O) groups excluding carboxylic acids is 1. The van der Waals surface area contributed by atoms with Gasteiger partial charge in [-0.05, 0) is 38.0 Å². The molecule has 1 fully saturated rings. The van der Waals surface area contributed by atoms with Gasteiger partial charge in [-0.1, -0.05) is 0 Å². The van der Waals surface area contributed by atoms with E-state index in [0.717, 1.165) is 37.3 Å². The number of piperidine rings is 1.